The smallest absolute Gasteiger partial charge is 0.0710 e. The van der Waals surface area contributed by atoms with Crippen molar-refractivity contribution in [1.29, 1.82) is 0 Å². The first-order valence-electron chi connectivity index (χ1n) is 3.81. The van der Waals surface area contributed by atoms with Crippen LogP contribution in [0.15, 0.2) is 47.1 Å². The number of benzene rings is 1. The zero-order chi connectivity index (χ0) is 8.39. The maximum atomic E-state index is 5.26. The van der Waals surface area contributed by atoms with E-state index in [1.807, 2.05) is 30.3 Å². The van der Waals surface area contributed by atoms with E-state index in [9.17, 15) is 0 Å². The molecule has 0 aromatic heterocycles. The highest BCUT2D eigenvalue weighted by Crippen LogP contribution is 1.99. The Morgan fingerprint density at radius 2 is 2.08 bits per heavy atom. The molecule has 1 nitrogen and oxygen atoms in total. The molecule has 1 aromatic carbocycles. The highest BCUT2D eigenvalue weighted by Gasteiger charge is 1.96. The molecule has 0 atom stereocenters. The zero-order valence-corrected chi connectivity index (χ0v) is 6.57. The second kappa shape index (κ2) is 2.78. The molecule has 0 amide bonds. The minimum atomic E-state index is 0.915. The molecule has 1 radical (unpaired) electrons. The molecule has 1 aromatic rings. The van der Waals surface area contributed by atoms with E-state index in [-0.39, 0.29) is 0 Å². The third-order valence-corrected chi connectivity index (χ3v) is 1.76. The Kier molecular flexibility index (Phi) is 1.63. The molecule has 0 saturated carbocycles. The molecule has 1 aliphatic heterocycles. The quantitative estimate of drug-likeness (QED) is 0.571. The van der Waals surface area contributed by atoms with Crippen molar-refractivity contribution in [1.82, 2.24) is 0 Å². The first-order chi connectivity index (χ1) is 5.90. The van der Waals surface area contributed by atoms with Crippen molar-refractivity contribution in [3.05, 3.63) is 59.3 Å². The molecule has 0 aliphatic carbocycles. The Morgan fingerprint density at radius 1 is 1.25 bits per heavy atom. The lowest BCUT2D eigenvalue weighted by molar-refractivity contribution is 1.32. The van der Waals surface area contributed by atoms with E-state index in [0.29, 0.717) is 0 Å². The van der Waals surface area contributed by atoms with Crippen LogP contribution in [0, 0.1) is 6.58 Å². The average molecular weight is 154 g/mol. The summed E-state index contributed by atoms with van der Waals surface area (Å²) in [6, 6.07) is 8.00. The molecule has 2 rings (SSSR count). The van der Waals surface area contributed by atoms with Gasteiger partial charge in [0.15, 0.2) is 0 Å². The summed E-state index contributed by atoms with van der Waals surface area (Å²) in [5, 5.41) is 2.18. The fourth-order valence-corrected chi connectivity index (χ4v) is 1.23. The first kappa shape index (κ1) is 7.04. The van der Waals surface area contributed by atoms with Crippen LogP contribution < -0.4 is 10.6 Å². The number of fused-ring (bicyclic) bond motifs is 1. The molecular weight excluding hydrogens is 146 g/mol. The maximum absolute atomic E-state index is 5.26. The number of allylic oxidation sites excluding steroid dienone is 3. The zero-order valence-electron chi connectivity index (χ0n) is 6.57. The van der Waals surface area contributed by atoms with Crippen LogP contribution in [-0.4, -0.2) is 0 Å². The molecule has 0 bridgehead atoms. The van der Waals surface area contributed by atoms with Crippen molar-refractivity contribution < 1.29 is 0 Å². The lowest BCUT2D eigenvalue weighted by atomic mass is 10.3. The topological polar surface area (TPSA) is 12.4 Å². The van der Waals surface area contributed by atoms with Crippen LogP contribution in [0.5, 0.6) is 0 Å². The molecule has 1 heterocycles. The van der Waals surface area contributed by atoms with Gasteiger partial charge < -0.3 is 0 Å². The standard InChI is InChI=1S/C11H8N/c1-2-5-10-8-9-6-3-4-7-11(9)12-10/h1-8H. The van der Waals surface area contributed by atoms with E-state index >= 15 is 0 Å². The highest BCUT2D eigenvalue weighted by atomic mass is 14.7. The van der Waals surface area contributed by atoms with Gasteiger partial charge in [-0.2, -0.15) is 0 Å². The van der Waals surface area contributed by atoms with Crippen LogP contribution >= 0.6 is 0 Å². The fraction of sp³-hybridized carbons (Fsp3) is 0. The van der Waals surface area contributed by atoms with Crippen LogP contribution in [-0.2, 0) is 0 Å². The van der Waals surface area contributed by atoms with Gasteiger partial charge in [-0.1, -0.05) is 30.9 Å². The van der Waals surface area contributed by atoms with Gasteiger partial charge in [-0.05, 0) is 18.2 Å². The SMILES string of the molecule is [CH]=CC=C1C=c2ccccc2=N1. The number of nitrogens with zero attached hydrogens (tertiary/aromatic N) is 1. The highest BCUT2D eigenvalue weighted by molar-refractivity contribution is 5.50. The van der Waals surface area contributed by atoms with Gasteiger partial charge in [0.2, 0.25) is 0 Å². The molecule has 0 N–H and O–H groups in total. The summed E-state index contributed by atoms with van der Waals surface area (Å²) in [5.41, 5.74) is 0.915. The summed E-state index contributed by atoms with van der Waals surface area (Å²) in [6.45, 7) is 5.26. The third kappa shape index (κ3) is 1.10. The molecule has 0 unspecified atom stereocenters. The summed E-state index contributed by atoms with van der Waals surface area (Å²) in [7, 11) is 0. The number of para-hydroxylation sites is 1. The second-order valence-electron chi connectivity index (χ2n) is 2.60. The Balaban J connectivity index is 2.68. The third-order valence-electron chi connectivity index (χ3n) is 1.76. The summed E-state index contributed by atoms with van der Waals surface area (Å²) >= 11 is 0. The van der Waals surface area contributed by atoms with Gasteiger partial charge in [-0.3, -0.25) is 0 Å². The van der Waals surface area contributed by atoms with Crippen LogP contribution in [0.3, 0.4) is 0 Å². The summed E-state index contributed by atoms with van der Waals surface area (Å²) in [6.07, 6.45) is 5.31. The first-order valence-corrected chi connectivity index (χ1v) is 3.81. The van der Waals surface area contributed by atoms with Crippen molar-refractivity contribution in [3.63, 3.8) is 0 Å². The van der Waals surface area contributed by atoms with Crippen molar-refractivity contribution in [2.24, 2.45) is 4.99 Å². The van der Waals surface area contributed by atoms with Gasteiger partial charge in [-0.25, -0.2) is 4.99 Å². The number of hydrogen-bond acceptors (Lipinski definition) is 1. The van der Waals surface area contributed by atoms with Gasteiger partial charge in [0.05, 0.1) is 11.1 Å². The molecule has 12 heavy (non-hydrogen) atoms. The Morgan fingerprint density at radius 3 is 2.83 bits per heavy atom. The van der Waals surface area contributed by atoms with Gasteiger partial charge in [0.1, 0.15) is 0 Å². The van der Waals surface area contributed by atoms with E-state index in [1.54, 1.807) is 6.08 Å². The monoisotopic (exact) mass is 154 g/mol. The van der Waals surface area contributed by atoms with E-state index in [4.69, 9.17) is 6.58 Å². The summed E-state index contributed by atoms with van der Waals surface area (Å²) in [4.78, 5) is 4.34. The molecule has 1 heteroatoms. The van der Waals surface area contributed by atoms with Crippen LogP contribution in [0.25, 0.3) is 6.08 Å². The maximum Gasteiger partial charge on any atom is 0.0710 e. The summed E-state index contributed by atoms with van der Waals surface area (Å²) in [5.74, 6) is 0. The van der Waals surface area contributed by atoms with Crippen LogP contribution in [0.2, 0.25) is 0 Å². The lowest BCUT2D eigenvalue weighted by Crippen LogP contribution is -2.19. The van der Waals surface area contributed by atoms with E-state index < -0.39 is 0 Å². The lowest BCUT2D eigenvalue weighted by Gasteiger charge is -1.80. The largest absolute Gasteiger partial charge is 0.248 e. The van der Waals surface area contributed by atoms with Crippen molar-refractivity contribution in [3.8, 4) is 0 Å². The minimum Gasteiger partial charge on any atom is -0.248 e. The Bertz CT molecular complexity index is 415. The molecular formula is C11H8N. The summed E-state index contributed by atoms with van der Waals surface area (Å²) < 4.78 is 0. The molecule has 1 aliphatic rings. The van der Waals surface area contributed by atoms with Crippen LogP contribution in [0.4, 0.5) is 0 Å². The molecule has 57 valence electrons. The van der Waals surface area contributed by atoms with Gasteiger partial charge in [0, 0.05) is 5.22 Å². The van der Waals surface area contributed by atoms with E-state index in [1.165, 1.54) is 6.08 Å². The average Bonchev–Trinajstić information content (AvgIpc) is 2.47. The van der Waals surface area contributed by atoms with Gasteiger partial charge >= 0.3 is 0 Å². The molecule has 0 saturated heterocycles. The molecule has 0 fully saturated rings. The second-order valence-corrected chi connectivity index (χ2v) is 2.60. The fourth-order valence-electron chi connectivity index (χ4n) is 1.23. The van der Waals surface area contributed by atoms with Crippen LogP contribution in [0.1, 0.15) is 0 Å². The van der Waals surface area contributed by atoms with Gasteiger partial charge in [0.25, 0.3) is 0 Å². The van der Waals surface area contributed by atoms with E-state index in [2.05, 4.69) is 4.99 Å². The number of rotatable bonds is 1. The number of hydrogen-bond donors (Lipinski definition) is 0. The van der Waals surface area contributed by atoms with Gasteiger partial charge in [-0.15, -0.1) is 0 Å². The minimum absolute atomic E-state index is 0.915. The van der Waals surface area contributed by atoms with Crippen molar-refractivity contribution in [2.75, 3.05) is 0 Å². The molecule has 0 spiro atoms. The van der Waals surface area contributed by atoms with Crippen molar-refractivity contribution in [2.45, 2.75) is 0 Å². The Labute approximate surface area is 71.1 Å². The van der Waals surface area contributed by atoms with Crippen molar-refractivity contribution >= 4 is 6.08 Å². The predicted octanol–water partition coefficient (Wildman–Crippen LogP) is 0.973. The Hall–Kier alpha value is -1.63. The normalized spacial score (nSPS) is 16.5. The predicted molar refractivity (Wildman–Crippen MR) is 48.6 cm³/mol. The van der Waals surface area contributed by atoms with E-state index in [0.717, 1.165) is 16.3 Å².